The summed E-state index contributed by atoms with van der Waals surface area (Å²) in [4.78, 5) is 57.3. The largest absolute Gasteiger partial charge is 0.465 e. The lowest BCUT2D eigenvalue weighted by molar-refractivity contribution is -0.141. The quantitative estimate of drug-likeness (QED) is 0.221. The maximum atomic E-state index is 15.4. The third kappa shape index (κ3) is 5.64. The van der Waals surface area contributed by atoms with Crippen LogP contribution < -0.4 is 15.5 Å². The maximum absolute atomic E-state index is 15.4. The summed E-state index contributed by atoms with van der Waals surface area (Å²) in [6.45, 7) is 0.152. The van der Waals surface area contributed by atoms with Crippen LogP contribution in [0, 0.1) is 5.82 Å². The number of carbonyl (C=O) groups is 4. The second kappa shape index (κ2) is 11.8. The second-order valence-corrected chi connectivity index (χ2v) is 11.5. The van der Waals surface area contributed by atoms with Crippen molar-refractivity contribution in [2.45, 2.75) is 30.9 Å². The Hall–Kier alpha value is -5.10. The summed E-state index contributed by atoms with van der Waals surface area (Å²) in [5.74, 6) is -1.71. The molecule has 0 saturated carbocycles. The van der Waals surface area contributed by atoms with Gasteiger partial charge in [0.05, 0.1) is 22.8 Å². The van der Waals surface area contributed by atoms with Crippen LogP contribution in [0.25, 0.3) is 10.9 Å². The number of fused-ring (bicyclic) bond motifs is 3. The molecule has 6 rings (SSSR count). The molecule has 1 aromatic heterocycles. The minimum Gasteiger partial charge on any atom is -0.465 e. The van der Waals surface area contributed by atoms with E-state index in [1.165, 1.54) is 48.3 Å². The smallest absolute Gasteiger partial charge is 0.412 e. The summed E-state index contributed by atoms with van der Waals surface area (Å²) in [7, 11) is 1.39. The molecule has 0 bridgehead atoms. The van der Waals surface area contributed by atoms with Crippen molar-refractivity contribution in [1.82, 2.24) is 15.2 Å². The molecular formula is C32H29ClFN5O6. The molecule has 0 aliphatic carbocycles. The van der Waals surface area contributed by atoms with Gasteiger partial charge in [-0.2, -0.15) is 0 Å². The SMILES string of the molecule is CN(C(=O)O)c1ccc(C(=O)N[C@@H](Cc2c[nH]c3ccccc23)C(=O)N2CCC[C@@]3(C2)OC(=O)Nc2ccc(Cl)c(F)c23)cc1. The van der Waals surface area contributed by atoms with Gasteiger partial charge in [0, 0.05) is 48.4 Å². The number of rotatable bonds is 6. The number of aromatic nitrogens is 1. The van der Waals surface area contributed by atoms with Gasteiger partial charge in [0.1, 0.15) is 6.04 Å². The zero-order valence-electron chi connectivity index (χ0n) is 24.1. The number of H-pyrrole nitrogens is 1. The summed E-state index contributed by atoms with van der Waals surface area (Å²) < 4.78 is 21.2. The van der Waals surface area contributed by atoms with Crippen LogP contribution in [0.2, 0.25) is 5.02 Å². The number of aromatic amines is 1. The first-order valence-electron chi connectivity index (χ1n) is 14.3. The van der Waals surface area contributed by atoms with Crippen molar-refractivity contribution < 1.29 is 33.4 Å². The van der Waals surface area contributed by atoms with Crippen LogP contribution in [0.1, 0.15) is 34.3 Å². The van der Waals surface area contributed by atoms with Gasteiger partial charge in [0.25, 0.3) is 5.91 Å². The molecule has 11 nitrogen and oxygen atoms in total. The monoisotopic (exact) mass is 633 g/mol. The predicted octanol–water partition coefficient (Wildman–Crippen LogP) is 5.50. The van der Waals surface area contributed by atoms with Gasteiger partial charge in [0.15, 0.2) is 11.4 Å². The molecule has 1 saturated heterocycles. The van der Waals surface area contributed by atoms with Crippen LogP contribution >= 0.6 is 11.6 Å². The fourth-order valence-corrected chi connectivity index (χ4v) is 6.25. The summed E-state index contributed by atoms with van der Waals surface area (Å²) in [6, 6.07) is 15.3. The number of likely N-dealkylation sites (tertiary alicyclic amines) is 1. The molecule has 1 spiro atoms. The average molecular weight is 634 g/mol. The van der Waals surface area contributed by atoms with Crippen molar-refractivity contribution in [3.8, 4) is 0 Å². The fraction of sp³-hybridized carbons (Fsp3) is 0.250. The molecular weight excluding hydrogens is 605 g/mol. The highest BCUT2D eigenvalue weighted by Crippen LogP contribution is 2.45. The number of ether oxygens (including phenoxy) is 1. The predicted molar refractivity (Wildman–Crippen MR) is 165 cm³/mol. The van der Waals surface area contributed by atoms with E-state index < -0.39 is 41.5 Å². The van der Waals surface area contributed by atoms with E-state index in [1.807, 2.05) is 24.3 Å². The van der Waals surface area contributed by atoms with Gasteiger partial charge in [-0.1, -0.05) is 29.8 Å². The highest BCUT2D eigenvalue weighted by atomic mass is 35.5. The number of nitrogens with one attached hydrogen (secondary N) is 3. The number of hydrogen-bond donors (Lipinski definition) is 4. The van der Waals surface area contributed by atoms with Crippen LogP contribution in [0.5, 0.6) is 0 Å². The third-order valence-electron chi connectivity index (χ3n) is 8.35. The lowest BCUT2D eigenvalue weighted by atomic mass is 9.82. The van der Waals surface area contributed by atoms with E-state index in [1.54, 1.807) is 6.20 Å². The molecule has 4 amide bonds. The zero-order valence-corrected chi connectivity index (χ0v) is 24.9. The molecule has 2 aliphatic rings. The molecule has 0 unspecified atom stereocenters. The van der Waals surface area contributed by atoms with Crippen molar-refractivity contribution in [3.05, 3.63) is 94.4 Å². The van der Waals surface area contributed by atoms with Gasteiger partial charge in [-0.25, -0.2) is 14.0 Å². The maximum Gasteiger partial charge on any atom is 0.412 e. The number of anilines is 2. The van der Waals surface area contributed by atoms with E-state index in [0.29, 0.717) is 18.7 Å². The topological polar surface area (TPSA) is 144 Å². The second-order valence-electron chi connectivity index (χ2n) is 11.1. The van der Waals surface area contributed by atoms with Crippen molar-refractivity contribution >= 4 is 57.9 Å². The van der Waals surface area contributed by atoms with Crippen LogP contribution in [0.3, 0.4) is 0 Å². The third-order valence-corrected chi connectivity index (χ3v) is 8.64. The minimum atomic E-state index is -1.47. The van der Waals surface area contributed by atoms with Crippen molar-refractivity contribution in [2.75, 3.05) is 30.4 Å². The summed E-state index contributed by atoms with van der Waals surface area (Å²) in [5.41, 5.74) is 1.09. The normalized spacial score (nSPS) is 18.1. The number of para-hydroxylation sites is 1. The number of piperidine rings is 1. The number of halogens is 2. The van der Waals surface area contributed by atoms with Gasteiger partial charge in [0.2, 0.25) is 5.91 Å². The van der Waals surface area contributed by atoms with E-state index in [0.717, 1.165) is 21.4 Å². The van der Waals surface area contributed by atoms with Gasteiger partial charge < -0.3 is 25.0 Å². The van der Waals surface area contributed by atoms with Crippen molar-refractivity contribution in [1.29, 1.82) is 0 Å². The molecule has 13 heteroatoms. The summed E-state index contributed by atoms with van der Waals surface area (Å²) in [5, 5.41) is 15.4. The van der Waals surface area contributed by atoms with Crippen LogP contribution in [-0.2, 0) is 21.6 Å². The first-order valence-corrected chi connectivity index (χ1v) is 14.6. The molecule has 3 heterocycles. The Labute approximate surface area is 261 Å². The van der Waals surface area contributed by atoms with Crippen LogP contribution in [0.15, 0.2) is 66.9 Å². The highest BCUT2D eigenvalue weighted by molar-refractivity contribution is 6.31. The number of nitrogens with zero attached hydrogens (tertiary/aromatic N) is 2. The van der Waals surface area contributed by atoms with Crippen molar-refractivity contribution in [3.63, 3.8) is 0 Å². The molecule has 4 N–H and O–H groups in total. The summed E-state index contributed by atoms with van der Waals surface area (Å²) >= 11 is 6.11. The minimum absolute atomic E-state index is 0.0794. The lowest BCUT2D eigenvalue weighted by Gasteiger charge is -2.45. The first kappa shape index (κ1) is 29.9. The lowest BCUT2D eigenvalue weighted by Crippen LogP contribution is -2.57. The molecule has 3 aromatic carbocycles. The van der Waals surface area contributed by atoms with Gasteiger partial charge in [-0.05, 0) is 60.9 Å². The van der Waals surface area contributed by atoms with E-state index >= 15 is 4.39 Å². The Morgan fingerprint density at radius 1 is 1.16 bits per heavy atom. The van der Waals surface area contributed by atoms with Gasteiger partial charge in [-0.3, -0.25) is 19.8 Å². The highest BCUT2D eigenvalue weighted by Gasteiger charge is 2.49. The zero-order chi connectivity index (χ0) is 31.9. The number of carboxylic acid groups (broad SMARTS) is 1. The Morgan fingerprint density at radius 2 is 1.91 bits per heavy atom. The molecule has 0 radical (unpaired) electrons. The van der Waals surface area contributed by atoms with Crippen LogP contribution in [0.4, 0.5) is 25.4 Å². The van der Waals surface area contributed by atoms with E-state index in [4.69, 9.17) is 16.3 Å². The number of benzene rings is 3. The standard InChI is InChI=1S/C32H29ClFN5O6/c1-38(31(43)44)20-9-7-18(8-10-20)28(40)36-25(15-19-16-35-23-6-3-2-5-21(19)23)29(41)39-14-4-13-32(17-39)26-24(37-30(42)45-32)12-11-22(33)27(26)34/h2-3,5-12,16,25,35H,4,13-15,17H2,1H3,(H,36,40)(H,37,42)(H,43,44)/t25-,32-/m0/s1. The number of hydrogen-bond acceptors (Lipinski definition) is 5. The number of carbonyl (C=O) groups excluding carboxylic acids is 3. The Bertz CT molecular complexity index is 1830. The molecule has 45 heavy (non-hydrogen) atoms. The first-order chi connectivity index (χ1) is 21.6. The molecule has 2 atom stereocenters. The molecule has 4 aromatic rings. The Balaban J connectivity index is 1.31. The van der Waals surface area contributed by atoms with E-state index in [-0.39, 0.29) is 41.2 Å². The Morgan fingerprint density at radius 3 is 2.67 bits per heavy atom. The van der Waals surface area contributed by atoms with Crippen molar-refractivity contribution in [2.24, 2.45) is 0 Å². The van der Waals surface area contributed by atoms with E-state index in [9.17, 15) is 24.3 Å². The van der Waals surface area contributed by atoms with Gasteiger partial charge >= 0.3 is 12.2 Å². The molecule has 2 aliphatic heterocycles. The van der Waals surface area contributed by atoms with E-state index in [2.05, 4.69) is 15.6 Å². The molecule has 232 valence electrons. The number of amides is 4. The fourth-order valence-electron chi connectivity index (χ4n) is 6.09. The average Bonchev–Trinajstić information content (AvgIpc) is 3.44. The summed E-state index contributed by atoms with van der Waals surface area (Å²) in [6.07, 6.45) is 0.671. The van der Waals surface area contributed by atoms with Gasteiger partial charge in [-0.15, -0.1) is 0 Å². The molecule has 1 fully saturated rings. The Kier molecular flexibility index (Phi) is 7.83. The van der Waals surface area contributed by atoms with Crippen LogP contribution in [-0.4, -0.2) is 65.2 Å².